The third kappa shape index (κ3) is 4.36. The zero-order valence-corrected chi connectivity index (χ0v) is 15.4. The van der Waals surface area contributed by atoms with E-state index in [4.69, 9.17) is 0 Å². The lowest BCUT2D eigenvalue weighted by Crippen LogP contribution is -2.24. The molecule has 6 nitrogen and oxygen atoms in total. The van der Waals surface area contributed by atoms with Crippen LogP contribution in [0.15, 0.2) is 42.5 Å². The van der Waals surface area contributed by atoms with Crippen LogP contribution in [0.4, 0.5) is 15.8 Å². The number of nitrogens with zero attached hydrogens (tertiary/aromatic N) is 1. The molecular formula is C21H21FN2O4. The Kier molecular flexibility index (Phi) is 5.73. The third-order valence-corrected chi connectivity index (χ3v) is 4.80. The van der Waals surface area contributed by atoms with Crippen LogP contribution in [0.25, 0.3) is 0 Å². The summed E-state index contributed by atoms with van der Waals surface area (Å²) in [5, 5.41) is 12.1. The van der Waals surface area contributed by atoms with Crippen molar-refractivity contribution >= 4 is 29.2 Å². The lowest BCUT2D eigenvalue weighted by molar-refractivity contribution is -0.140. The van der Waals surface area contributed by atoms with E-state index in [9.17, 15) is 23.9 Å². The fourth-order valence-electron chi connectivity index (χ4n) is 3.38. The summed E-state index contributed by atoms with van der Waals surface area (Å²) in [5.74, 6) is -3.06. The van der Waals surface area contributed by atoms with E-state index in [0.717, 1.165) is 17.7 Å². The summed E-state index contributed by atoms with van der Waals surface area (Å²) < 4.78 is 13.1. The summed E-state index contributed by atoms with van der Waals surface area (Å²) in [5.41, 5.74) is 2.56. The SMILES string of the molecule is Cc1cc(NC(=O)C[C@@H](C(=O)O)c2ccc(F)cc2)ccc1N1CCCC1=O. The largest absolute Gasteiger partial charge is 0.481 e. The fourth-order valence-corrected chi connectivity index (χ4v) is 3.38. The Bertz CT molecular complexity index is 911. The maximum Gasteiger partial charge on any atom is 0.311 e. The Morgan fingerprint density at radius 1 is 1.21 bits per heavy atom. The number of carboxylic acid groups (broad SMARTS) is 1. The molecule has 2 amide bonds. The summed E-state index contributed by atoms with van der Waals surface area (Å²) in [6, 6.07) is 10.3. The van der Waals surface area contributed by atoms with Gasteiger partial charge in [0.05, 0.1) is 5.92 Å². The first kappa shape index (κ1) is 19.5. The molecule has 2 N–H and O–H groups in total. The molecule has 1 aliphatic heterocycles. The molecular weight excluding hydrogens is 363 g/mol. The summed E-state index contributed by atoms with van der Waals surface area (Å²) >= 11 is 0. The number of aryl methyl sites for hydroxylation is 1. The predicted octanol–water partition coefficient (Wildman–Crippen LogP) is 3.46. The first-order valence-corrected chi connectivity index (χ1v) is 9.04. The van der Waals surface area contributed by atoms with Gasteiger partial charge in [0.25, 0.3) is 0 Å². The number of halogens is 1. The highest BCUT2D eigenvalue weighted by molar-refractivity contribution is 5.97. The third-order valence-electron chi connectivity index (χ3n) is 4.80. The number of anilines is 2. The van der Waals surface area contributed by atoms with Crippen molar-refractivity contribution < 1.29 is 23.9 Å². The van der Waals surface area contributed by atoms with E-state index in [1.165, 1.54) is 24.3 Å². The van der Waals surface area contributed by atoms with E-state index in [1.54, 1.807) is 23.1 Å². The average molecular weight is 384 g/mol. The van der Waals surface area contributed by atoms with Crippen molar-refractivity contribution in [1.82, 2.24) is 0 Å². The van der Waals surface area contributed by atoms with Crippen LogP contribution in [0.5, 0.6) is 0 Å². The second kappa shape index (κ2) is 8.21. The Hall–Kier alpha value is -3.22. The second-order valence-electron chi connectivity index (χ2n) is 6.84. The topological polar surface area (TPSA) is 86.7 Å². The molecule has 7 heteroatoms. The van der Waals surface area contributed by atoms with Crippen LogP contribution < -0.4 is 10.2 Å². The van der Waals surface area contributed by atoms with Gasteiger partial charge in [-0.25, -0.2) is 4.39 Å². The molecule has 0 aliphatic carbocycles. The van der Waals surface area contributed by atoms with Crippen molar-refractivity contribution in [3.8, 4) is 0 Å². The van der Waals surface area contributed by atoms with Gasteiger partial charge in [-0.2, -0.15) is 0 Å². The molecule has 1 saturated heterocycles. The number of hydrogen-bond donors (Lipinski definition) is 2. The molecule has 1 fully saturated rings. The van der Waals surface area contributed by atoms with Crippen molar-refractivity contribution in [2.75, 3.05) is 16.8 Å². The van der Waals surface area contributed by atoms with Crippen molar-refractivity contribution in [1.29, 1.82) is 0 Å². The molecule has 28 heavy (non-hydrogen) atoms. The fraction of sp³-hybridized carbons (Fsp3) is 0.286. The number of nitrogens with one attached hydrogen (secondary N) is 1. The first-order chi connectivity index (χ1) is 13.3. The lowest BCUT2D eigenvalue weighted by atomic mass is 9.95. The summed E-state index contributed by atoms with van der Waals surface area (Å²) in [7, 11) is 0. The van der Waals surface area contributed by atoms with E-state index in [-0.39, 0.29) is 12.3 Å². The molecule has 1 atom stereocenters. The number of amides is 2. The molecule has 2 aromatic carbocycles. The van der Waals surface area contributed by atoms with Crippen molar-refractivity contribution in [3.63, 3.8) is 0 Å². The van der Waals surface area contributed by atoms with Gasteiger partial charge >= 0.3 is 5.97 Å². The van der Waals surface area contributed by atoms with Gasteiger partial charge in [0, 0.05) is 30.8 Å². The van der Waals surface area contributed by atoms with Crippen LogP contribution in [0.2, 0.25) is 0 Å². The van der Waals surface area contributed by atoms with Crippen molar-refractivity contribution in [2.24, 2.45) is 0 Å². The van der Waals surface area contributed by atoms with Gasteiger partial charge in [0.15, 0.2) is 0 Å². The molecule has 2 aromatic rings. The molecule has 0 radical (unpaired) electrons. The summed E-state index contributed by atoms with van der Waals surface area (Å²) in [4.78, 5) is 37.5. The zero-order chi connectivity index (χ0) is 20.3. The van der Waals surface area contributed by atoms with Crippen LogP contribution in [-0.2, 0) is 14.4 Å². The van der Waals surface area contributed by atoms with Crippen LogP contribution in [0.3, 0.4) is 0 Å². The number of carbonyl (C=O) groups excluding carboxylic acids is 2. The molecule has 1 heterocycles. The monoisotopic (exact) mass is 384 g/mol. The minimum Gasteiger partial charge on any atom is -0.481 e. The normalized spacial score (nSPS) is 14.8. The molecule has 0 saturated carbocycles. The average Bonchev–Trinajstić information content (AvgIpc) is 3.06. The number of hydrogen-bond acceptors (Lipinski definition) is 3. The summed E-state index contributed by atoms with van der Waals surface area (Å²) in [6.45, 7) is 2.54. The Morgan fingerprint density at radius 2 is 1.93 bits per heavy atom. The minimum atomic E-state index is -1.15. The number of aliphatic carboxylic acids is 1. The quantitative estimate of drug-likeness (QED) is 0.799. The number of carbonyl (C=O) groups is 3. The van der Waals surface area contributed by atoms with Gasteiger partial charge in [0.1, 0.15) is 5.82 Å². The van der Waals surface area contributed by atoms with E-state index in [1.807, 2.05) is 6.92 Å². The van der Waals surface area contributed by atoms with E-state index in [0.29, 0.717) is 24.2 Å². The maximum atomic E-state index is 13.1. The van der Waals surface area contributed by atoms with E-state index >= 15 is 0 Å². The Balaban J connectivity index is 1.69. The van der Waals surface area contributed by atoms with Gasteiger partial charge in [-0.3, -0.25) is 14.4 Å². The second-order valence-corrected chi connectivity index (χ2v) is 6.84. The molecule has 0 aromatic heterocycles. The van der Waals surface area contributed by atoms with Crippen molar-refractivity contribution in [3.05, 3.63) is 59.4 Å². The van der Waals surface area contributed by atoms with Crippen LogP contribution in [0.1, 0.15) is 36.3 Å². The molecule has 0 bridgehead atoms. The van der Waals surface area contributed by atoms with Gasteiger partial charge in [0.2, 0.25) is 11.8 Å². The molecule has 1 aliphatic rings. The standard InChI is InChI=1S/C21H21FN2O4/c1-13-11-16(8-9-18(13)24-10-2-3-20(24)26)23-19(25)12-17(21(27)28)14-4-6-15(22)7-5-14/h4-9,11,17H,2-3,10,12H2,1H3,(H,23,25)(H,27,28)/t17-/m1/s1. The number of rotatable bonds is 6. The Morgan fingerprint density at radius 3 is 2.50 bits per heavy atom. The van der Waals surface area contributed by atoms with Gasteiger partial charge in [-0.1, -0.05) is 12.1 Å². The number of benzene rings is 2. The highest BCUT2D eigenvalue weighted by Gasteiger charge is 2.25. The van der Waals surface area contributed by atoms with Crippen LogP contribution in [-0.4, -0.2) is 29.4 Å². The van der Waals surface area contributed by atoms with Gasteiger partial charge < -0.3 is 15.3 Å². The van der Waals surface area contributed by atoms with Crippen LogP contribution >= 0.6 is 0 Å². The highest BCUT2D eigenvalue weighted by atomic mass is 19.1. The number of carboxylic acids is 1. The Labute approximate surface area is 162 Å². The maximum absolute atomic E-state index is 13.1. The summed E-state index contributed by atoms with van der Waals surface area (Å²) in [6.07, 6.45) is 1.10. The van der Waals surface area contributed by atoms with Gasteiger partial charge in [-0.15, -0.1) is 0 Å². The smallest absolute Gasteiger partial charge is 0.311 e. The molecule has 0 unspecified atom stereocenters. The lowest BCUT2D eigenvalue weighted by Gasteiger charge is -2.19. The molecule has 0 spiro atoms. The highest BCUT2D eigenvalue weighted by Crippen LogP contribution is 2.28. The molecule has 3 rings (SSSR count). The van der Waals surface area contributed by atoms with Crippen molar-refractivity contribution in [2.45, 2.75) is 32.1 Å². The predicted molar refractivity (Wildman–Crippen MR) is 103 cm³/mol. The molecule has 146 valence electrons. The van der Waals surface area contributed by atoms with Gasteiger partial charge in [-0.05, 0) is 54.8 Å². The minimum absolute atomic E-state index is 0.0866. The van der Waals surface area contributed by atoms with Crippen LogP contribution in [0, 0.1) is 12.7 Å². The van der Waals surface area contributed by atoms with E-state index in [2.05, 4.69) is 5.32 Å². The zero-order valence-electron chi connectivity index (χ0n) is 15.4. The first-order valence-electron chi connectivity index (χ1n) is 9.04. The van der Waals surface area contributed by atoms with E-state index < -0.39 is 23.6 Å².